The molecule has 0 atom stereocenters. The SMILES string of the molecule is Cc1cc(-c2ccc3c(c2)nc(C)n3C)nc(CO)n1. The van der Waals surface area contributed by atoms with Crippen molar-refractivity contribution in [2.24, 2.45) is 7.05 Å². The van der Waals surface area contributed by atoms with Crippen LogP contribution in [0.2, 0.25) is 0 Å². The van der Waals surface area contributed by atoms with Crippen molar-refractivity contribution in [3.05, 3.63) is 41.6 Å². The van der Waals surface area contributed by atoms with Gasteiger partial charge >= 0.3 is 0 Å². The number of hydrogen-bond donors (Lipinski definition) is 1. The van der Waals surface area contributed by atoms with Crippen LogP contribution in [0.4, 0.5) is 0 Å². The van der Waals surface area contributed by atoms with Gasteiger partial charge in [-0.15, -0.1) is 0 Å². The Bertz CT molecular complexity index is 792. The highest BCUT2D eigenvalue weighted by atomic mass is 16.3. The Balaban J connectivity index is 2.17. The van der Waals surface area contributed by atoms with E-state index in [2.05, 4.69) is 19.5 Å². The van der Waals surface area contributed by atoms with Crippen molar-refractivity contribution in [1.29, 1.82) is 0 Å². The Morgan fingerprint density at radius 1 is 1.10 bits per heavy atom. The molecule has 3 rings (SSSR count). The van der Waals surface area contributed by atoms with Crippen molar-refractivity contribution >= 4 is 11.0 Å². The van der Waals surface area contributed by atoms with Gasteiger partial charge in [-0.25, -0.2) is 15.0 Å². The van der Waals surface area contributed by atoms with E-state index in [4.69, 9.17) is 0 Å². The first-order chi connectivity index (χ1) is 9.58. The topological polar surface area (TPSA) is 63.8 Å². The van der Waals surface area contributed by atoms with E-state index in [1.807, 2.05) is 45.2 Å². The van der Waals surface area contributed by atoms with E-state index in [9.17, 15) is 5.11 Å². The third-order valence-corrected chi connectivity index (χ3v) is 3.44. The highest BCUT2D eigenvalue weighted by Gasteiger charge is 2.08. The molecule has 0 unspecified atom stereocenters. The molecule has 0 aliphatic rings. The van der Waals surface area contributed by atoms with Crippen molar-refractivity contribution in [3.63, 3.8) is 0 Å². The van der Waals surface area contributed by atoms with Crippen LogP contribution in [0.5, 0.6) is 0 Å². The summed E-state index contributed by atoms with van der Waals surface area (Å²) in [6.07, 6.45) is 0. The first kappa shape index (κ1) is 12.7. The van der Waals surface area contributed by atoms with Gasteiger partial charge < -0.3 is 9.67 Å². The number of aryl methyl sites for hydroxylation is 3. The van der Waals surface area contributed by atoms with Gasteiger partial charge in [0.1, 0.15) is 12.4 Å². The Morgan fingerprint density at radius 2 is 1.90 bits per heavy atom. The third-order valence-electron chi connectivity index (χ3n) is 3.44. The van der Waals surface area contributed by atoms with Crippen LogP contribution in [0.3, 0.4) is 0 Å². The summed E-state index contributed by atoms with van der Waals surface area (Å²) in [5.41, 5.74) is 4.68. The first-order valence-corrected chi connectivity index (χ1v) is 6.47. The van der Waals surface area contributed by atoms with Crippen molar-refractivity contribution in [3.8, 4) is 11.3 Å². The number of imidazole rings is 1. The molecule has 1 N–H and O–H groups in total. The molecule has 0 amide bonds. The van der Waals surface area contributed by atoms with Crippen LogP contribution in [0.25, 0.3) is 22.3 Å². The first-order valence-electron chi connectivity index (χ1n) is 6.47. The van der Waals surface area contributed by atoms with Gasteiger partial charge in [-0.1, -0.05) is 6.07 Å². The summed E-state index contributed by atoms with van der Waals surface area (Å²) in [4.78, 5) is 13.1. The van der Waals surface area contributed by atoms with Crippen molar-refractivity contribution in [1.82, 2.24) is 19.5 Å². The number of hydrogen-bond acceptors (Lipinski definition) is 4. The van der Waals surface area contributed by atoms with Crippen LogP contribution >= 0.6 is 0 Å². The number of nitrogens with zero attached hydrogens (tertiary/aromatic N) is 4. The van der Waals surface area contributed by atoms with Crippen LogP contribution in [0.1, 0.15) is 17.3 Å². The number of rotatable bonds is 2. The second-order valence-corrected chi connectivity index (χ2v) is 4.89. The van der Waals surface area contributed by atoms with Crippen molar-refractivity contribution < 1.29 is 5.11 Å². The molecule has 0 spiro atoms. The Kier molecular flexibility index (Phi) is 2.99. The van der Waals surface area contributed by atoms with Gasteiger partial charge in [0.15, 0.2) is 5.82 Å². The maximum absolute atomic E-state index is 9.20. The molecular weight excluding hydrogens is 252 g/mol. The smallest absolute Gasteiger partial charge is 0.154 e. The summed E-state index contributed by atoms with van der Waals surface area (Å²) in [6, 6.07) is 7.99. The molecule has 0 radical (unpaired) electrons. The number of fused-ring (bicyclic) bond motifs is 1. The van der Waals surface area contributed by atoms with Crippen LogP contribution in [0.15, 0.2) is 24.3 Å². The van der Waals surface area contributed by atoms with E-state index >= 15 is 0 Å². The predicted molar refractivity (Wildman–Crippen MR) is 77.1 cm³/mol. The molecule has 5 nitrogen and oxygen atoms in total. The molecule has 1 aromatic carbocycles. The lowest BCUT2D eigenvalue weighted by Crippen LogP contribution is -1.98. The molecule has 0 bridgehead atoms. The minimum absolute atomic E-state index is 0.153. The summed E-state index contributed by atoms with van der Waals surface area (Å²) in [5.74, 6) is 1.42. The largest absolute Gasteiger partial charge is 0.388 e. The highest BCUT2D eigenvalue weighted by Crippen LogP contribution is 2.23. The second kappa shape index (κ2) is 4.68. The van der Waals surface area contributed by atoms with Crippen molar-refractivity contribution in [2.45, 2.75) is 20.5 Å². The average Bonchev–Trinajstić information content (AvgIpc) is 2.73. The monoisotopic (exact) mass is 268 g/mol. The number of benzene rings is 1. The number of aliphatic hydroxyl groups excluding tert-OH is 1. The van der Waals surface area contributed by atoms with Crippen LogP contribution in [-0.2, 0) is 13.7 Å². The molecule has 2 aromatic heterocycles. The molecular formula is C15H16N4O. The maximum Gasteiger partial charge on any atom is 0.154 e. The van der Waals surface area contributed by atoms with E-state index in [-0.39, 0.29) is 6.61 Å². The van der Waals surface area contributed by atoms with Crippen LogP contribution in [-0.4, -0.2) is 24.6 Å². The highest BCUT2D eigenvalue weighted by molar-refractivity contribution is 5.81. The summed E-state index contributed by atoms with van der Waals surface area (Å²) < 4.78 is 2.06. The summed E-state index contributed by atoms with van der Waals surface area (Å²) in [6.45, 7) is 3.73. The standard InChI is InChI=1S/C15H16N4O/c1-9-6-12(18-15(8-20)16-9)11-4-5-14-13(7-11)17-10(2)19(14)3/h4-7,20H,8H2,1-3H3. The molecule has 0 saturated heterocycles. The molecule has 0 saturated carbocycles. The van der Waals surface area contributed by atoms with Gasteiger partial charge in [-0.3, -0.25) is 0 Å². The Hall–Kier alpha value is -2.27. The van der Waals surface area contributed by atoms with E-state index < -0.39 is 0 Å². The zero-order valence-electron chi connectivity index (χ0n) is 11.8. The van der Waals surface area contributed by atoms with E-state index in [1.165, 1.54) is 0 Å². The number of aliphatic hydroxyl groups is 1. The van der Waals surface area contributed by atoms with Crippen LogP contribution < -0.4 is 0 Å². The lowest BCUT2D eigenvalue weighted by atomic mass is 10.1. The van der Waals surface area contributed by atoms with Crippen LogP contribution in [0, 0.1) is 13.8 Å². The maximum atomic E-state index is 9.20. The zero-order valence-corrected chi connectivity index (χ0v) is 11.8. The molecule has 0 aliphatic heterocycles. The average molecular weight is 268 g/mol. The molecule has 102 valence electrons. The lowest BCUT2D eigenvalue weighted by Gasteiger charge is -2.05. The normalized spacial score (nSPS) is 11.2. The fraction of sp³-hybridized carbons (Fsp3) is 0.267. The van der Waals surface area contributed by atoms with Gasteiger partial charge in [0.2, 0.25) is 0 Å². The summed E-state index contributed by atoms with van der Waals surface area (Å²) >= 11 is 0. The van der Waals surface area contributed by atoms with E-state index in [1.54, 1.807) is 0 Å². The number of aromatic nitrogens is 4. The summed E-state index contributed by atoms with van der Waals surface area (Å²) in [7, 11) is 2.00. The zero-order chi connectivity index (χ0) is 14.3. The molecule has 0 aliphatic carbocycles. The third kappa shape index (κ3) is 2.06. The molecule has 5 heteroatoms. The molecule has 3 aromatic rings. The fourth-order valence-corrected chi connectivity index (χ4v) is 2.33. The Morgan fingerprint density at radius 3 is 2.65 bits per heavy atom. The summed E-state index contributed by atoms with van der Waals surface area (Å²) in [5, 5.41) is 9.20. The second-order valence-electron chi connectivity index (χ2n) is 4.89. The van der Waals surface area contributed by atoms with Gasteiger partial charge in [0.25, 0.3) is 0 Å². The van der Waals surface area contributed by atoms with Gasteiger partial charge in [-0.2, -0.15) is 0 Å². The molecule has 2 heterocycles. The molecule has 0 fully saturated rings. The predicted octanol–water partition coefficient (Wildman–Crippen LogP) is 2.14. The fourth-order valence-electron chi connectivity index (χ4n) is 2.33. The molecule has 20 heavy (non-hydrogen) atoms. The van der Waals surface area contributed by atoms with Gasteiger partial charge in [0.05, 0.1) is 16.7 Å². The van der Waals surface area contributed by atoms with Gasteiger partial charge in [0, 0.05) is 18.3 Å². The van der Waals surface area contributed by atoms with E-state index in [0.29, 0.717) is 5.82 Å². The van der Waals surface area contributed by atoms with E-state index in [0.717, 1.165) is 33.8 Å². The minimum Gasteiger partial charge on any atom is -0.388 e. The van der Waals surface area contributed by atoms with Crippen molar-refractivity contribution in [2.75, 3.05) is 0 Å². The lowest BCUT2D eigenvalue weighted by molar-refractivity contribution is 0.271. The minimum atomic E-state index is -0.153. The van der Waals surface area contributed by atoms with Gasteiger partial charge in [-0.05, 0) is 32.0 Å². The Labute approximate surface area is 117 Å². The quantitative estimate of drug-likeness (QED) is 0.773.